The third-order valence-corrected chi connectivity index (χ3v) is 3.86. The Hall–Kier alpha value is -0.890. The molecule has 23 heavy (non-hydrogen) atoms. The van der Waals surface area contributed by atoms with Gasteiger partial charge in [0.2, 0.25) is 0 Å². The molecule has 1 heterocycles. The van der Waals surface area contributed by atoms with Crippen LogP contribution < -0.4 is 10.6 Å². The van der Waals surface area contributed by atoms with E-state index < -0.39 is 0 Å². The fraction of sp³-hybridized carbons (Fsp3) is 0.588. The molecular formula is C17H27FIN3O. The van der Waals surface area contributed by atoms with E-state index in [1.54, 1.807) is 6.07 Å². The SMILES string of the molecule is CCNC(=NCC1(C)CCCO1)NCCc1ccccc1F.I. The maximum absolute atomic E-state index is 13.6. The highest BCUT2D eigenvalue weighted by Crippen LogP contribution is 2.24. The summed E-state index contributed by atoms with van der Waals surface area (Å²) in [6, 6.07) is 6.87. The van der Waals surface area contributed by atoms with Gasteiger partial charge in [-0.3, -0.25) is 4.99 Å². The van der Waals surface area contributed by atoms with E-state index in [0.29, 0.717) is 19.5 Å². The van der Waals surface area contributed by atoms with Gasteiger partial charge in [0.05, 0.1) is 12.1 Å². The number of benzene rings is 1. The molecule has 130 valence electrons. The second kappa shape index (κ2) is 10.1. The van der Waals surface area contributed by atoms with E-state index in [-0.39, 0.29) is 35.4 Å². The number of ether oxygens (including phenoxy) is 1. The van der Waals surface area contributed by atoms with Crippen LogP contribution in [0.15, 0.2) is 29.3 Å². The van der Waals surface area contributed by atoms with Crippen LogP contribution in [-0.4, -0.2) is 37.8 Å². The Kier molecular flexibility index (Phi) is 8.83. The minimum atomic E-state index is -0.155. The first-order chi connectivity index (χ1) is 10.6. The zero-order valence-electron chi connectivity index (χ0n) is 13.9. The molecule has 1 aromatic carbocycles. The Morgan fingerprint density at radius 3 is 2.78 bits per heavy atom. The van der Waals surface area contributed by atoms with E-state index in [4.69, 9.17) is 4.74 Å². The summed E-state index contributed by atoms with van der Waals surface area (Å²) in [4.78, 5) is 4.60. The molecule has 1 atom stereocenters. The summed E-state index contributed by atoms with van der Waals surface area (Å²) in [5, 5.41) is 6.47. The van der Waals surface area contributed by atoms with E-state index in [2.05, 4.69) is 22.5 Å². The zero-order valence-corrected chi connectivity index (χ0v) is 16.2. The first-order valence-corrected chi connectivity index (χ1v) is 8.02. The highest BCUT2D eigenvalue weighted by Gasteiger charge is 2.29. The van der Waals surface area contributed by atoms with Gasteiger partial charge in [0, 0.05) is 19.7 Å². The Morgan fingerprint density at radius 1 is 1.35 bits per heavy atom. The van der Waals surface area contributed by atoms with E-state index in [1.807, 2.05) is 19.1 Å². The van der Waals surface area contributed by atoms with E-state index >= 15 is 0 Å². The van der Waals surface area contributed by atoms with E-state index in [1.165, 1.54) is 6.07 Å². The minimum absolute atomic E-state index is 0. The molecule has 1 fully saturated rings. The number of nitrogens with zero attached hydrogens (tertiary/aromatic N) is 1. The number of rotatable bonds is 6. The molecule has 0 aliphatic carbocycles. The van der Waals surface area contributed by atoms with Crippen LogP contribution in [0, 0.1) is 5.82 Å². The van der Waals surface area contributed by atoms with Crippen molar-refractivity contribution in [3.63, 3.8) is 0 Å². The second-order valence-corrected chi connectivity index (χ2v) is 5.87. The van der Waals surface area contributed by atoms with E-state index in [9.17, 15) is 4.39 Å². The lowest BCUT2D eigenvalue weighted by Gasteiger charge is -2.21. The standard InChI is InChI=1S/C17H26FN3O.HI/c1-3-19-16(21-13-17(2)10-6-12-22-17)20-11-9-14-7-4-5-8-15(14)18;/h4-5,7-8H,3,6,9-13H2,1-2H3,(H2,19,20,21);1H. The van der Waals surface area contributed by atoms with Crippen molar-refractivity contribution in [2.45, 2.75) is 38.7 Å². The van der Waals surface area contributed by atoms with Gasteiger partial charge >= 0.3 is 0 Å². The van der Waals surface area contributed by atoms with Gasteiger partial charge in [-0.2, -0.15) is 0 Å². The average molecular weight is 435 g/mol. The number of guanidine groups is 1. The van der Waals surface area contributed by atoms with Crippen LogP contribution in [0.2, 0.25) is 0 Å². The Labute approximate surface area is 155 Å². The van der Waals surface area contributed by atoms with Gasteiger partial charge in [0.1, 0.15) is 5.82 Å². The molecule has 0 radical (unpaired) electrons. The van der Waals surface area contributed by atoms with Crippen LogP contribution in [0.4, 0.5) is 4.39 Å². The van der Waals surface area contributed by atoms with Gasteiger partial charge < -0.3 is 15.4 Å². The molecular weight excluding hydrogens is 408 g/mol. The van der Waals surface area contributed by atoms with Crippen LogP contribution in [-0.2, 0) is 11.2 Å². The largest absolute Gasteiger partial charge is 0.373 e. The van der Waals surface area contributed by atoms with Gasteiger partial charge in [-0.05, 0) is 44.7 Å². The first-order valence-electron chi connectivity index (χ1n) is 8.02. The number of halogens is 2. The predicted octanol–water partition coefficient (Wildman–Crippen LogP) is 3.11. The van der Waals surface area contributed by atoms with Gasteiger partial charge in [-0.15, -0.1) is 24.0 Å². The molecule has 0 aromatic heterocycles. The highest BCUT2D eigenvalue weighted by atomic mass is 127. The van der Waals surface area contributed by atoms with E-state index in [0.717, 1.165) is 37.5 Å². The second-order valence-electron chi connectivity index (χ2n) is 5.87. The summed E-state index contributed by atoms with van der Waals surface area (Å²) in [6.07, 6.45) is 2.78. The van der Waals surface area contributed by atoms with Gasteiger partial charge in [0.15, 0.2) is 5.96 Å². The van der Waals surface area contributed by atoms with Crippen molar-refractivity contribution in [1.82, 2.24) is 10.6 Å². The molecule has 1 aromatic rings. The summed E-state index contributed by atoms with van der Waals surface area (Å²) < 4.78 is 19.3. The zero-order chi connectivity index (χ0) is 15.8. The summed E-state index contributed by atoms with van der Waals surface area (Å²) in [6.45, 7) is 7.03. The third-order valence-electron chi connectivity index (χ3n) is 3.86. The van der Waals surface area contributed by atoms with Crippen molar-refractivity contribution in [3.8, 4) is 0 Å². The molecule has 1 unspecified atom stereocenters. The van der Waals surface area contributed by atoms with Crippen LogP contribution in [0.3, 0.4) is 0 Å². The molecule has 4 nitrogen and oxygen atoms in total. The maximum Gasteiger partial charge on any atom is 0.191 e. The Balaban J connectivity index is 0.00000264. The summed E-state index contributed by atoms with van der Waals surface area (Å²) in [5.74, 6) is 0.605. The first kappa shape index (κ1) is 20.2. The number of hydrogen-bond acceptors (Lipinski definition) is 2. The van der Waals surface area contributed by atoms with Crippen molar-refractivity contribution in [2.24, 2.45) is 4.99 Å². The Bertz CT molecular complexity index is 504. The third kappa shape index (κ3) is 6.63. The molecule has 1 aliphatic rings. The molecule has 0 spiro atoms. The van der Waals surface area contributed by atoms with Crippen LogP contribution in [0.1, 0.15) is 32.3 Å². The van der Waals surface area contributed by atoms with Crippen LogP contribution in [0.5, 0.6) is 0 Å². The molecule has 0 bridgehead atoms. The van der Waals surface area contributed by atoms with Crippen molar-refractivity contribution in [2.75, 3.05) is 26.2 Å². The fourth-order valence-electron chi connectivity index (χ4n) is 2.57. The molecule has 0 saturated carbocycles. The van der Waals surface area contributed by atoms with Crippen molar-refractivity contribution >= 4 is 29.9 Å². The molecule has 0 amide bonds. The quantitative estimate of drug-likeness (QED) is 0.410. The lowest BCUT2D eigenvalue weighted by molar-refractivity contribution is 0.0283. The summed E-state index contributed by atoms with van der Waals surface area (Å²) >= 11 is 0. The lowest BCUT2D eigenvalue weighted by Crippen LogP contribution is -2.40. The predicted molar refractivity (Wildman–Crippen MR) is 103 cm³/mol. The molecule has 1 saturated heterocycles. The van der Waals surface area contributed by atoms with Gasteiger partial charge in [-0.25, -0.2) is 4.39 Å². The normalized spacial score (nSPS) is 20.9. The number of aliphatic imine (C=N–C) groups is 1. The number of hydrogen-bond donors (Lipinski definition) is 2. The minimum Gasteiger partial charge on any atom is -0.373 e. The lowest BCUT2D eigenvalue weighted by atomic mass is 10.0. The van der Waals surface area contributed by atoms with Crippen LogP contribution >= 0.6 is 24.0 Å². The smallest absolute Gasteiger partial charge is 0.191 e. The maximum atomic E-state index is 13.6. The average Bonchev–Trinajstić information content (AvgIpc) is 2.94. The molecule has 2 N–H and O–H groups in total. The summed E-state index contributed by atoms with van der Waals surface area (Å²) in [5.41, 5.74) is 0.574. The van der Waals surface area contributed by atoms with Crippen LogP contribution in [0.25, 0.3) is 0 Å². The van der Waals surface area contributed by atoms with Crippen molar-refractivity contribution in [1.29, 1.82) is 0 Å². The number of nitrogens with one attached hydrogen (secondary N) is 2. The molecule has 6 heteroatoms. The van der Waals surface area contributed by atoms with Crippen molar-refractivity contribution in [3.05, 3.63) is 35.6 Å². The Morgan fingerprint density at radius 2 is 2.13 bits per heavy atom. The van der Waals surface area contributed by atoms with Crippen molar-refractivity contribution < 1.29 is 9.13 Å². The summed E-state index contributed by atoms with van der Waals surface area (Å²) in [7, 11) is 0. The topological polar surface area (TPSA) is 45.7 Å². The van der Waals surface area contributed by atoms with Gasteiger partial charge in [0.25, 0.3) is 0 Å². The molecule has 1 aliphatic heterocycles. The fourth-order valence-corrected chi connectivity index (χ4v) is 2.57. The molecule has 2 rings (SSSR count). The van der Waals surface area contributed by atoms with Gasteiger partial charge in [-0.1, -0.05) is 18.2 Å². The highest BCUT2D eigenvalue weighted by molar-refractivity contribution is 14.0. The monoisotopic (exact) mass is 435 g/mol.